The molecule has 2 heterocycles. The van der Waals surface area contributed by atoms with E-state index in [0.29, 0.717) is 0 Å². The molecule has 1 N–H and O–H groups in total. The second-order valence-electron chi connectivity index (χ2n) is 6.12. The fourth-order valence-corrected chi connectivity index (χ4v) is 1.90. The SMILES string of the molecule is Cc1cc(CNC(C)(C)C)nc(-c2cnccc2C)n1. The number of nitrogens with zero attached hydrogens (tertiary/aromatic N) is 3. The van der Waals surface area contributed by atoms with Crippen molar-refractivity contribution < 1.29 is 0 Å². The molecule has 0 bridgehead atoms. The second-order valence-corrected chi connectivity index (χ2v) is 6.12. The molecule has 0 radical (unpaired) electrons. The van der Waals surface area contributed by atoms with Crippen molar-refractivity contribution in [3.63, 3.8) is 0 Å². The van der Waals surface area contributed by atoms with Crippen LogP contribution in [0.5, 0.6) is 0 Å². The average Bonchev–Trinajstić information content (AvgIpc) is 2.35. The Kier molecular flexibility index (Phi) is 4.14. The van der Waals surface area contributed by atoms with E-state index in [1.165, 1.54) is 0 Å². The molecule has 0 spiro atoms. The van der Waals surface area contributed by atoms with Crippen molar-refractivity contribution in [3.8, 4) is 11.4 Å². The number of pyridine rings is 1. The van der Waals surface area contributed by atoms with Crippen LogP contribution in [0, 0.1) is 13.8 Å². The van der Waals surface area contributed by atoms with Gasteiger partial charge in [-0.1, -0.05) is 0 Å². The first kappa shape index (κ1) is 14.6. The molecule has 2 aromatic heterocycles. The Morgan fingerprint density at radius 2 is 1.90 bits per heavy atom. The number of hydrogen-bond acceptors (Lipinski definition) is 4. The zero-order valence-corrected chi connectivity index (χ0v) is 12.9. The van der Waals surface area contributed by atoms with Crippen LogP contribution in [-0.2, 0) is 6.54 Å². The monoisotopic (exact) mass is 270 g/mol. The van der Waals surface area contributed by atoms with Gasteiger partial charge in [0.15, 0.2) is 5.82 Å². The lowest BCUT2D eigenvalue weighted by molar-refractivity contribution is 0.421. The molecule has 106 valence electrons. The first-order valence-corrected chi connectivity index (χ1v) is 6.86. The molecule has 0 atom stereocenters. The molecule has 2 rings (SSSR count). The zero-order chi connectivity index (χ0) is 14.8. The van der Waals surface area contributed by atoms with Gasteiger partial charge in [0.25, 0.3) is 0 Å². The van der Waals surface area contributed by atoms with Gasteiger partial charge in [0.2, 0.25) is 0 Å². The van der Waals surface area contributed by atoms with Gasteiger partial charge in [-0.3, -0.25) is 4.98 Å². The quantitative estimate of drug-likeness (QED) is 0.931. The summed E-state index contributed by atoms with van der Waals surface area (Å²) in [6, 6.07) is 4.00. The summed E-state index contributed by atoms with van der Waals surface area (Å²) in [7, 11) is 0. The van der Waals surface area contributed by atoms with Gasteiger partial charge in [-0.05, 0) is 52.3 Å². The van der Waals surface area contributed by atoms with Crippen LogP contribution in [0.3, 0.4) is 0 Å². The highest BCUT2D eigenvalue weighted by atomic mass is 15.0. The molecule has 0 aliphatic rings. The van der Waals surface area contributed by atoms with Gasteiger partial charge in [-0.15, -0.1) is 0 Å². The molecular formula is C16H22N4. The van der Waals surface area contributed by atoms with Crippen molar-refractivity contribution in [2.75, 3.05) is 0 Å². The van der Waals surface area contributed by atoms with E-state index >= 15 is 0 Å². The fraction of sp³-hybridized carbons (Fsp3) is 0.438. The number of aryl methyl sites for hydroxylation is 2. The average molecular weight is 270 g/mol. The van der Waals surface area contributed by atoms with Crippen molar-refractivity contribution in [1.29, 1.82) is 0 Å². The fourth-order valence-electron chi connectivity index (χ4n) is 1.90. The van der Waals surface area contributed by atoms with Gasteiger partial charge in [0.05, 0.1) is 5.69 Å². The molecule has 0 saturated heterocycles. The maximum absolute atomic E-state index is 4.65. The topological polar surface area (TPSA) is 50.7 Å². The summed E-state index contributed by atoms with van der Waals surface area (Å²) in [5.74, 6) is 0.751. The number of hydrogen-bond donors (Lipinski definition) is 1. The summed E-state index contributed by atoms with van der Waals surface area (Å²) in [5, 5.41) is 3.45. The van der Waals surface area contributed by atoms with Gasteiger partial charge < -0.3 is 5.32 Å². The molecule has 0 aromatic carbocycles. The van der Waals surface area contributed by atoms with Crippen LogP contribution in [0.2, 0.25) is 0 Å². The molecule has 0 amide bonds. The van der Waals surface area contributed by atoms with Crippen molar-refractivity contribution >= 4 is 0 Å². The van der Waals surface area contributed by atoms with Crippen LogP contribution in [0.25, 0.3) is 11.4 Å². The Morgan fingerprint density at radius 1 is 1.15 bits per heavy atom. The standard InChI is InChI=1S/C16H22N4/c1-11-6-7-17-10-14(11)15-19-12(2)8-13(20-15)9-18-16(3,4)5/h6-8,10,18H,9H2,1-5H3. The van der Waals surface area contributed by atoms with E-state index in [9.17, 15) is 0 Å². The van der Waals surface area contributed by atoms with Crippen LogP contribution >= 0.6 is 0 Å². The Morgan fingerprint density at radius 3 is 2.55 bits per heavy atom. The molecule has 0 aliphatic carbocycles. The zero-order valence-electron chi connectivity index (χ0n) is 12.9. The maximum atomic E-state index is 4.65. The molecule has 0 aliphatic heterocycles. The Bertz CT molecular complexity index is 600. The third kappa shape index (κ3) is 3.84. The van der Waals surface area contributed by atoms with Crippen molar-refractivity contribution in [2.24, 2.45) is 0 Å². The van der Waals surface area contributed by atoms with Gasteiger partial charge in [-0.2, -0.15) is 0 Å². The van der Waals surface area contributed by atoms with E-state index in [2.05, 4.69) is 48.0 Å². The van der Waals surface area contributed by atoms with E-state index in [-0.39, 0.29) is 5.54 Å². The normalized spacial score (nSPS) is 11.7. The van der Waals surface area contributed by atoms with E-state index in [4.69, 9.17) is 0 Å². The first-order chi connectivity index (χ1) is 9.35. The minimum atomic E-state index is 0.0727. The highest BCUT2D eigenvalue weighted by molar-refractivity contribution is 5.58. The Balaban J connectivity index is 2.32. The Hall–Kier alpha value is -1.81. The van der Waals surface area contributed by atoms with Crippen molar-refractivity contribution in [2.45, 2.75) is 46.7 Å². The van der Waals surface area contributed by atoms with E-state index < -0.39 is 0 Å². The van der Waals surface area contributed by atoms with Crippen LogP contribution in [0.1, 0.15) is 37.7 Å². The molecule has 20 heavy (non-hydrogen) atoms. The van der Waals surface area contributed by atoms with E-state index in [1.807, 2.05) is 25.3 Å². The van der Waals surface area contributed by atoms with Gasteiger partial charge in [0.1, 0.15) is 0 Å². The second kappa shape index (κ2) is 5.67. The molecule has 0 fully saturated rings. The summed E-state index contributed by atoms with van der Waals surface area (Å²) in [4.78, 5) is 13.4. The lowest BCUT2D eigenvalue weighted by Gasteiger charge is -2.20. The largest absolute Gasteiger partial charge is 0.306 e. The summed E-state index contributed by atoms with van der Waals surface area (Å²) >= 11 is 0. The van der Waals surface area contributed by atoms with Gasteiger partial charge >= 0.3 is 0 Å². The minimum absolute atomic E-state index is 0.0727. The molecular weight excluding hydrogens is 248 g/mol. The van der Waals surface area contributed by atoms with Crippen LogP contribution < -0.4 is 5.32 Å². The first-order valence-electron chi connectivity index (χ1n) is 6.86. The summed E-state index contributed by atoms with van der Waals surface area (Å²) in [5.41, 5.74) is 4.19. The lowest BCUT2D eigenvalue weighted by Crippen LogP contribution is -2.35. The van der Waals surface area contributed by atoms with Crippen LogP contribution in [-0.4, -0.2) is 20.5 Å². The minimum Gasteiger partial charge on any atom is -0.306 e. The van der Waals surface area contributed by atoms with Crippen LogP contribution in [0.15, 0.2) is 24.5 Å². The number of nitrogens with one attached hydrogen (secondary N) is 1. The third-order valence-corrected chi connectivity index (χ3v) is 2.99. The highest BCUT2D eigenvalue weighted by Gasteiger charge is 2.11. The predicted octanol–water partition coefficient (Wildman–Crippen LogP) is 3.04. The van der Waals surface area contributed by atoms with E-state index in [1.54, 1.807) is 6.20 Å². The predicted molar refractivity (Wildman–Crippen MR) is 81.3 cm³/mol. The number of rotatable bonds is 3. The maximum Gasteiger partial charge on any atom is 0.161 e. The number of aromatic nitrogens is 3. The molecule has 4 heteroatoms. The Labute approximate surface area is 120 Å². The summed E-state index contributed by atoms with van der Waals surface area (Å²) < 4.78 is 0. The molecule has 2 aromatic rings. The summed E-state index contributed by atoms with van der Waals surface area (Å²) in [6.07, 6.45) is 3.61. The molecule has 4 nitrogen and oxygen atoms in total. The van der Waals surface area contributed by atoms with Gasteiger partial charge in [0, 0.05) is 35.7 Å². The molecule has 0 unspecified atom stereocenters. The van der Waals surface area contributed by atoms with Crippen molar-refractivity contribution in [3.05, 3.63) is 41.5 Å². The summed E-state index contributed by atoms with van der Waals surface area (Å²) in [6.45, 7) is 11.2. The third-order valence-electron chi connectivity index (χ3n) is 2.99. The van der Waals surface area contributed by atoms with Crippen molar-refractivity contribution in [1.82, 2.24) is 20.3 Å². The van der Waals surface area contributed by atoms with E-state index in [0.717, 1.165) is 34.9 Å². The van der Waals surface area contributed by atoms with Crippen LogP contribution in [0.4, 0.5) is 0 Å². The smallest absolute Gasteiger partial charge is 0.161 e. The lowest BCUT2D eigenvalue weighted by atomic mass is 10.1. The van der Waals surface area contributed by atoms with Gasteiger partial charge in [-0.25, -0.2) is 9.97 Å². The highest BCUT2D eigenvalue weighted by Crippen LogP contribution is 2.19. The molecule has 0 saturated carbocycles.